The number of hydrogen-bond donors (Lipinski definition) is 0. The summed E-state index contributed by atoms with van der Waals surface area (Å²) < 4.78 is 8.11. The maximum absolute atomic E-state index is 6.19. The van der Waals surface area contributed by atoms with Gasteiger partial charge in [-0.2, -0.15) is 5.10 Å². The summed E-state index contributed by atoms with van der Waals surface area (Å²) >= 11 is 9.75. The number of allylic oxidation sites excluding steroid dienone is 2. The molecule has 1 aromatic heterocycles. The van der Waals surface area contributed by atoms with Gasteiger partial charge >= 0.3 is 0 Å². The molecule has 1 aliphatic carbocycles. The first-order valence-electron chi connectivity index (χ1n) is 5.77. The van der Waals surface area contributed by atoms with Crippen molar-refractivity contribution in [2.24, 2.45) is 0 Å². The number of methoxy groups -OCH3 is 1. The lowest BCUT2D eigenvalue weighted by Gasteiger charge is -2.18. The predicted octanol–water partition coefficient (Wildman–Crippen LogP) is 3.47. The van der Waals surface area contributed by atoms with Gasteiger partial charge in [0.2, 0.25) is 0 Å². The van der Waals surface area contributed by atoms with Crippen LogP contribution in [0, 0.1) is 0 Å². The lowest BCUT2D eigenvalue weighted by Crippen LogP contribution is -2.11. The highest BCUT2D eigenvalue weighted by Crippen LogP contribution is 2.33. The molecule has 0 saturated carbocycles. The molecule has 0 saturated heterocycles. The molecule has 0 N–H and O–H groups in total. The fourth-order valence-electron chi connectivity index (χ4n) is 2.10. The monoisotopic (exact) mass is 318 g/mol. The van der Waals surface area contributed by atoms with Crippen LogP contribution >= 0.6 is 27.5 Å². The third-order valence-electron chi connectivity index (χ3n) is 2.91. The Morgan fingerprint density at radius 1 is 1.65 bits per heavy atom. The molecule has 94 valence electrons. The third kappa shape index (κ3) is 3.12. The van der Waals surface area contributed by atoms with Gasteiger partial charge in [-0.05, 0) is 40.8 Å². The van der Waals surface area contributed by atoms with Crippen LogP contribution in [0.2, 0.25) is 0 Å². The topological polar surface area (TPSA) is 27.1 Å². The minimum absolute atomic E-state index is 0.149. The standard InChI is InChI=1S/C12H16BrClN2O/c1-17-6-5-16-12(11(13)8-15-16)9-3-2-4-10(14)7-9/h7-8,10H,2-6H2,1H3. The van der Waals surface area contributed by atoms with Gasteiger partial charge in [-0.1, -0.05) is 6.08 Å². The van der Waals surface area contributed by atoms with Crippen LogP contribution in [0.5, 0.6) is 0 Å². The van der Waals surface area contributed by atoms with Crippen LogP contribution in [-0.4, -0.2) is 28.9 Å². The number of rotatable bonds is 4. The van der Waals surface area contributed by atoms with Gasteiger partial charge in [0.05, 0.1) is 34.9 Å². The molecule has 1 atom stereocenters. The average Bonchev–Trinajstić information content (AvgIpc) is 2.68. The van der Waals surface area contributed by atoms with Crippen molar-refractivity contribution in [1.82, 2.24) is 9.78 Å². The predicted molar refractivity (Wildman–Crippen MR) is 73.3 cm³/mol. The van der Waals surface area contributed by atoms with Crippen molar-refractivity contribution < 1.29 is 4.74 Å². The SMILES string of the molecule is COCCn1ncc(Br)c1C1=CC(Cl)CCC1. The molecular weight excluding hydrogens is 304 g/mol. The summed E-state index contributed by atoms with van der Waals surface area (Å²) in [5, 5.41) is 4.51. The Bertz CT molecular complexity index is 417. The van der Waals surface area contributed by atoms with Crippen LogP contribution in [0.25, 0.3) is 5.57 Å². The molecule has 1 aromatic rings. The van der Waals surface area contributed by atoms with E-state index in [-0.39, 0.29) is 5.38 Å². The number of ether oxygens (including phenoxy) is 1. The molecule has 5 heteroatoms. The summed E-state index contributed by atoms with van der Waals surface area (Å²) in [6.45, 7) is 1.43. The highest BCUT2D eigenvalue weighted by Gasteiger charge is 2.18. The normalized spacial score (nSPS) is 20.4. The lowest BCUT2D eigenvalue weighted by molar-refractivity contribution is 0.183. The van der Waals surface area contributed by atoms with Crippen molar-refractivity contribution in [3.63, 3.8) is 0 Å². The van der Waals surface area contributed by atoms with Gasteiger partial charge in [0.15, 0.2) is 0 Å². The Morgan fingerprint density at radius 3 is 3.18 bits per heavy atom. The Morgan fingerprint density at radius 2 is 2.47 bits per heavy atom. The molecule has 1 unspecified atom stereocenters. The third-order valence-corrected chi connectivity index (χ3v) is 3.84. The molecule has 0 fully saturated rings. The van der Waals surface area contributed by atoms with E-state index in [0.29, 0.717) is 6.61 Å². The van der Waals surface area contributed by atoms with E-state index in [0.717, 1.165) is 36.0 Å². The van der Waals surface area contributed by atoms with Crippen LogP contribution in [0.1, 0.15) is 25.0 Å². The number of aromatic nitrogens is 2. The molecule has 17 heavy (non-hydrogen) atoms. The van der Waals surface area contributed by atoms with Crippen LogP contribution in [0.3, 0.4) is 0 Å². The molecule has 0 spiro atoms. The van der Waals surface area contributed by atoms with Crippen molar-refractivity contribution in [1.29, 1.82) is 0 Å². The molecule has 0 radical (unpaired) electrons. The molecule has 0 bridgehead atoms. The van der Waals surface area contributed by atoms with Gasteiger partial charge < -0.3 is 4.74 Å². The van der Waals surface area contributed by atoms with Crippen molar-refractivity contribution >= 4 is 33.1 Å². The molecule has 1 heterocycles. The smallest absolute Gasteiger partial charge is 0.0782 e. The van der Waals surface area contributed by atoms with E-state index in [4.69, 9.17) is 16.3 Å². The quantitative estimate of drug-likeness (QED) is 0.795. The van der Waals surface area contributed by atoms with Gasteiger partial charge in [0.1, 0.15) is 0 Å². The summed E-state index contributed by atoms with van der Waals surface area (Å²) in [5.41, 5.74) is 2.43. The van der Waals surface area contributed by atoms with Crippen LogP contribution in [-0.2, 0) is 11.3 Å². The second kappa shape index (κ2) is 6.03. The number of halogens is 2. The molecule has 0 aliphatic heterocycles. The molecule has 2 rings (SSSR count). The van der Waals surface area contributed by atoms with E-state index in [9.17, 15) is 0 Å². The molecule has 0 amide bonds. The van der Waals surface area contributed by atoms with E-state index in [1.165, 1.54) is 5.57 Å². The number of nitrogens with zero attached hydrogens (tertiary/aromatic N) is 2. The fraction of sp³-hybridized carbons (Fsp3) is 0.583. The van der Waals surface area contributed by atoms with Crippen molar-refractivity contribution in [2.75, 3.05) is 13.7 Å². The number of alkyl halides is 1. The van der Waals surface area contributed by atoms with E-state index in [1.807, 2.05) is 10.9 Å². The van der Waals surface area contributed by atoms with E-state index < -0.39 is 0 Å². The van der Waals surface area contributed by atoms with Crippen LogP contribution < -0.4 is 0 Å². The first-order valence-corrected chi connectivity index (χ1v) is 7.00. The Balaban J connectivity index is 2.26. The second-order valence-electron chi connectivity index (χ2n) is 4.16. The molecule has 1 aliphatic rings. The van der Waals surface area contributed by atoms with Crippen molar-refractivity contribution in [3.8, 4) is 0 Å². The maximum atomic E-state index is 6.19. The van der Waals surface area contributed by atoms with Crippen molar-refractivity contribution in [3.05, 3.63) is 22.4 Å². The van der Waals surface area contributed by atoms with Crippen LogP contribution in [0.15, 0.2) is 16.7 Å². The lowest BCUT2D eigenvalue weighted by atomic mass is 9.97. The summed E-state index contributed by atoms with van der Waals surface area (Å²) in [7, 11) is 1.70. The Hall–Kier alpha value is -0.320. The second-order valence-corrected chi connectivity index (χ2v) is 5.57. The highest BCUT2D eigenvalue weighted by molar-refractivity contribution is 9.10. The Labute approximate surface area is 115 Å². The van der Waals surface area contributed by atoms with E-state index >= 15 is 0 Å². The summed E-state index contributed by atoms with van der Waals surface area (Å²) in [5.74, 6) is 0. The van der Waals surface area contributed by atoms with E-state index in [2.05, 4.69) is 27.1 Å². The van der Waals surface area contributed by atoms with Gasteiger partial charge in [0.25, 0.3) is 0 Å². The molecular formula is C12H16BrClN2O. The minimum Gasteiger partial charge on any atom is -0.383 e. The van der Waals surface area contributed by atoms with Gasteiger partial charge in [-0.3, -0.25) is 4.68 Å². The molecule has 0 aromatic carbocycles. The largest absolute Gasteiger partial charge is 0.383 e. The Kier molecular flexibility index (Phi) is 4.65. The van der Waals surface area contributed by atoms with E-state index in [1.54, 1.807) is 7.11 Å². The van der Waals surface area contributed by atoms with Crippen LogP contribution in [0.4, 0.5) is 0 Å². The van der Waals surface area contributed by atoms with Gasteiger partial charge in [-0.25, -0.2) is 0 Å². The zero-order chi connectivity index (χ0) is 12.3. The fourth-order valence-corrected chi connectivity index (χ4v) is 2.96. The van der Waals surface area contributed by atoms with Gasteiger partial charge in [-0.15, -0.1) is 11.6 Å². The summed E-state index contributed by atoms with van der Waals surface area (Å²) in [4.78, 5) is 0. The highest BCUT2D eigenvalue weighted by atomic mass is 79.9. The zero-order valence-corrected chi connectivity index (χ0v) is 12.2. The summed E-state index contributed by atoms with van der Waals surface area (Å²) in [6.07, 6.45) is 7.26. The maximum Gasteiger partial charge on any atom is 0.0782 e. The zero-order valence-electron chi connectivity index (χ0n) is 9.83. The average molecular weight is 320 g/mol. The first kappa shape index (κ1) is 13.1. The summed E-state index contributed by atoms with van der Waals surface area (Å²) in [6, 6.07) is 0. The minimum atomic E-state index is 0.149. The number of hydrogen-bond acceptors (Lipinski definition) is 2. The van der Waals surface area contributed by atoms with Gasteiger partial charge in [0, 0.05) is 7.11 Å². The molecule has 3 nitrogen and oxygen atoms in total. The first-order chi connectivity index (χ1) is 8.22. The van der Waals surface area contributed by atoms with Crippen molar-refractivity contribution in [2.45, 2.75) is 31.2 Å².